The molecule has 13 heavy (non-hydrogen) atoms. The molecule has 1 aliphatic heterocycles. The van der Waals surface area contributed by atoms with E-state index in [4.69, 9.17) is 4.74 Å². The molecule has 0 aromatic heterocycles. The number of hydrogen-bond acceptors (Lipinski definition) is 2. The van der Waals surface area contributed by atoms with Crippen LogP contribution in [0.5, 0.6) is 0 Å². The molecule has 0 radical (unpaired) electrons. The molecular formula is C9H17INO2+. The summed E-state index contributed by atoms with van der Waals surface area (Å²) in [6.07, 6.45) is 0.964. The third kappa shape index (κ3) is 3.09. The third-order valence-electron chi connectivity index (χ3n) is 2.28. The molecule has 1 heterocycles. The van der Waals surface area contributed by atoms with Crippen LogP contribution in [0, 0.1) is 0 Å². The first kappa shape index (κ1) is 11.2. The van der Waals surface area contributed by atoms with Gasteiger partial charge in [0.05, 0.1) is 6.54 Å². The van der Waals surface area contributed by atoms with Crippen LogP contribution in [0.2, 0.25) is 0 Å². The van der Waals surface area contributed by atoms with Crippen molar-refractivity contribution in [2.45, 2.75) is 36.2 Å². The van der Waals surface area contributed by atoms with Crippen molar-refractivity contribution in [2.24, 2.45) is 0 Å². The predicted molar refractivity (Wildman–Crippen MR) is 58.9 cm³/mol. The maximum Gasteiger partial charge on any atom is 0.322 e. The van der Waals surface area contributed by atoms with Crippen LogP contribution < -0.4 is 5.32 Å². The van der Waals surface area contributed by atoms with Crippen LogP contribution in [0.25, 0.3) is 0 Å². The molecule has 2 N–H and O–H groups in total. The first-order chi connectivity index (χ1) is 5.83. The number of carbonyl (C=O) groups excluding carboxylic acids is 1. The molecule has 1 saturated heterocycles. The molecule has 1 aliphatic rings. The zero-order valence-corrected chi connectivity index (χ0v) is 10.6. The molecule has 0 aliphatic carbocycles. The number of hydrogen-bond donors (Lipinski definition) is 1. The standard InChI is InChI=1S/C9H16INO2/c1-8(2,10)7(12)13-9(3)4-5-11-6-9/h11H,4-6H2,1-3H3/p+1. The van der Waals surface area contributed by atoms with Gasteiger partial charge in [0.1, 0.15) is 9.97 Å². The Kier molecular flexibility index (Phi) is 3.22. The van der Waals surface area contributed by atoms with Crippen molar-refractivity contribution in [3.8, 4) is 0 Å². The van der Waals surface area contributed by atoms with E-state index >= 15 is 0 Å². The Bertz CT molecular complexity index is 204. The molecule has 0 aromatic carbocycles. The van der Waals surface area contributed by atoms with E-state index in [9.17, 15) is 4.79 Å². The van der Waals surface area contributed by atoms with Crippen LogP contribution in [0.4, 0.5) is 0 Å². The fourth-order valence-corrected chi connectivity index (χ4v) is 1.46. The van der Waals surface area contributed by atoms with Crippen molar-refractivity contribution in [1.29, 1.82) is 0 Å². The summed E-state index contributed by atoms with van der Waals surface area (Å²) in [5, 5.41) is 2.19. The second kappa shape index (κ2) is 3.73. The lowest BCUT2D eigenvalue weighted by Gasteiger charge is -2.25. The van der Waals surface area contributed by atoms with Crippen molar-refractivity contribution in [1.82, 2.24) is 0 Å². The molecule has 0 spiro atoms. The van der Waals surface area contributed by atoms with E-state index in [0.717, 1.165) is 19.5 Å². The Morgan fingerprint density at radius 2 is 2.23 bits per heavy atom. The van der Waals surface area contributed by atoms with E-state index in [1.165, 1.54) is 0 Å². The second-order valence-corrected chi connectivity index (χ2v) is 7.04. The van der Waals surface area contributed by atoms with Crippen LogP contribution in [0.15, 0.2) is 0 Å². The summed E-state index contributed by atoms with van der Waals surface area (Å²) in [6.45, 7) is 7.71. The summed E-state index contributed by atoms with van der Waals surface area (Å²) in [5.74, 6) is -0.106. The highest BCUT2D eigenvalue weighted by Gasteiger charge is 2.39. The quantitative estimate of drug-likeness (QED) is 0.457. The normalized spacial score (nSPS) is 28.9. The maximum atomic E-state index is 11.6. The topological polar surface area (TPSA) is 42.9 Å². The van der Waals surface area contributed by atoms with Crippen molar-refractivity contribution in [3.05, 3.63) is 0 Å². The lowest BCUT2D eigenvalue weighted by atomic mass is 10.1. The molecule has 0 amide bonds. The van der Waals surface area contributed by atoms with Crippen molar-refractivity contribution in [2.75, 3.05) is 13.1 Å². The lowest BCUT2D eigenvalue weighted by molar-refractivity contribution is -0.640. The molecule has 4 heteroatoms. The van der Waals surface area contributed by atoms with Crippen LogP contribution in [0.1, 0.15) is 27.2 Å². The van der Waals surface area contributed by atoms with Crippen LogP contribution >= 0.6 is 22.6 Å². The highest BCUT2D eigenvalue weighted by atomic mass is 127. The van der Waals surface area contributed by atoms with Gasteiger partial charge in [-0.15, -0.1) is 0 Å². The largest absolute Gasteiger partial charge is 0.452 e. The Balaban J connectivity index is 2.53. The van der Waals surface area contributed by atoms with Gasteiger partial charge in [0.25, 0.3) is 0 Å². The van der Waals surface area contributed by atoms with Crippen LogP contribution in [-0.4, -0.2) is 28.1 Å². The molecule has 3 nitrogen and oxygen atoms in total. The van der Waals surface area contributed by atoms with Gasteiger partial charge >= 0.3 is 5.97 Å². The molecule has 1 fully saturated rings. The Morgan fingerprint density at radius 3 is 2.62 bits per heavy atom. The number of nitrogens with two attached hydrogens (primary N) is 1. The Hall–Kier alpha value is 0.160. The number of carbonyl (C=O) groups is 1. The van der Waals surface area contributed by atoms with Gasteiger partial charge in [0.15, 0.2) is 5.60 Å². The van der Waals surface area contributed by atoms with E-state index in [1.807, 2.05) is 20.8 Å². The average molecular weight is 298 g/mol. The molecule has 0 saturated carbocycles. The molecule has 1 rings (SSSR count). The van der Waals surface area contributed by atoms with Gasteiger partial charge in [-0.05, 0) is 20.8 Å². The minimum absolute atomic E-state index is 0.106. The fraction of sp³-hybridized carbons (Fsp3) is 0.889. The summed E-state index contributed by atoms with van der Waals surface area (Å²) >= 11 is 2.11. The molecule has 0 bridgehead atoms. The lowest BCUT2D eigenvalue weighted by Crippen LogP contribution is -2.82. The second-order valence-electron chi connectivity index (χ2n) is 4.34. The zero-order chi connectivity index (χ0) is 10.1. The summed E-state index contributed by atoms with van der Waals surface area (Å²) in [6, 6.07) is 0. The third-order valence-corrected chi connectivity index (χ3v) is 2.72. The predicted octanol–water partition coefficient (Wildman–Crippen LogP) is 0.469. The van der Waals surface area contributed by atoms with Gasteiger partial charge < -0.3 is 10.1 Å². The fourth-order valence-electron chi connectivity index (χ4n) is 1.35. The van der Waals surface area contributed by atoms with E-state index in [-0.39, 0.29) is 11.6 Å². The monoisotopic (exact) mass is 298 g/mol. The van der Waals surface area contributed by atoms with E-state index in [2.05, 4.69) is 27.9 Å². The van der Waals surface area contributed by atoms with Crippen molar-refractivity contribution < 1.29 is 14.8 Å². The van der Waals surface area contributed by atoms with Gasteiger partial charge in [-0.2, -0.15) is 0 Å². The number of halogens is 1. The summed E-state index contributed by atoms with van der Waals surface area (Å²) in [5.41, 5.74) is -0.237. The number of esters is 1. The number of rotatable bonds is 2. The molecular weight excluding hydrogens is 281 g/mol. The van der Waals surface area contributed by atoms with E-state index in [1.54, 1.807) is 0 Å². The molecule has 76 valence electrons. The minimum Gasteiger partial charge on any atom is -0.452 e. The summed E-state index contributed by atoms with van der Waals surface area (Å²) in [4.78, 5) is 11.6. The SMILES string of the molecule is CC1(OC(=O)C(C)(C)I)CC[NH2+]C1. The Labute approximate surface area is 92.7 Å². The molecule has 1 atom stereocenters. The van der Waals surface area contributed by atoms with Gasteiger partial charge in [0, 0.05) is 6.42 Å². The maximum absolute atomic E-state index is 11.6. The van der Waals surface area contributed by atoms with E-state index in [0.29, 0.717) is 0 Å². The number of alkyl halides is 1. The van der Waals surface area contributed by atoms with Crippen LogP contribution in [-0.2, 0) is 9.53 Å². The Morgan fingerprint density at radius 1 is 1.62 bits per heavy atom. The van der Waals surface area contributed by atoms with Gasteiger partial charge in [0.2, 0.25) is 0 Å². The first-order valence-electron chi connectivity index (χ1n) is 4.57. The molecule has 1 unspecified atom stereocenters. The van der Waals surface area contributed by atoms with Crippen molar-refractivity contribution >= 4 is 28.6 Å². The van der Waals surface area contributed by atoms with Gasteiger partial charge in [-0.1, -0.05) is 22.6 Å². The molecule has 0 aromatic rings. The highest BCUT2D eigenvalue weighted by Crippen LogP contribution is 2.24. The number of quaternary nitrogens is 1. The van der Waals surface area contributed by atoms with Gasteiger partial charge in [-0.25, -0.2) is 0 Å². The highest BCUT2D eigenvalue weighted by molar-refractivity contribution is 14.1. The number of ether oxygens (including phenoxy) is 1. The van der Waals surface area contributed by atoms with Gasteiger partial charge in [-0.3, -0.25) is 4.79 Å². The first-order valence-corrected chi connectivity index (χ1v) is 5.65. The minimum atomic E-state index is -0.413. The summed E-state index contributed by atoms with van der Waals surface area (Å²) < 4.78 is 5.07. The average Bonchev–Trinajstić information content (AvgIpc) is 2.33. The van der Waals surface area contributed by atoms with Crippen LogP contribution in [0.3, 0.4) is 0 Å². The zero-order valence-electron chi connectivity index (χ0n) is 8.39. The van der Waals surface area contributed by atoms with E-state index < -0.39 is 3.42 Å². The van der Waals surface area contributed by atoms with Crippen molar-refractivity contribution in [3.63, 3.8) is 0 Å². The summed E-state index contributed by atoms with van der Waals surface area (Å²) in [7, 11) is 0. The smallest absolute Gasteiger partial charge is 0.322 e.